The average molecular weight is 341 g/mol. The van der Waals surface area contributed by atoms with Crippen LogP contribution in [0.3, 0.4) is 0 Å². The Balaban J connectivity index is 2.23. The molecule has 98 valence electrons. The van der Waals surface area contributed by atoms with Crippen molar-refractivity contribution in [2.75, 3.05) is 11.1 Å². The molecule has 0 atom stereocenters. The number of nitrogens with zero attached hydrogens (tertiary/aromatic N) is 1. The van der Waals surface area contributed by atoms with Gasteiger partial charge < -0.3 is 11.1 Å². The summed E-state index contributed by atoms with van der Waals surface area (Å²) in [6, 6.07) is 6.74. The highest BCUT2D eigenvalue weighted by atomic mass is 79.9. The molecule has 19 heavy (non-hydrogen) atoms. The molecular formula is C13H11BrClN3O. The van der Waals surface area contributed by atoms with Gasteiger partial charge in [-0.2, -0.15) is 0 Å². The highest BCUT2D eigenvalue weighted by Crippen LogP contribution is 2.24. The van der Waals surface area contributed by atoms with E-state index in [-0.39, 0.29) is 5.91 Å². The molecule has 0 spiro atoms. The second kappa shape index (κ2) is 5.59. The molecule has 0 unspecified atom stereocenters. The Morgan fingerprint density at radius 1 is 1.42 bits per heavy atom. The fourth-order valence-electron chi connectivity index (χ4n) is 1.54. The summed E-state index contributed by atoms with van der Waals surface area (Å²) < 4.78 is 0.743. The standard InChI is InChI=1S/C13H11BrClN3O/c1-7-4-9(16)6-17-12(7)18-13(19)8-2-3-10(14)11(15)5-8/h2-6H,16H2,1H3,(H,17,18,19). The normalized spacial score (nSPS) is 10.3. The molecule has 4 nitrogen and oxygen atoms in total. The van der Waals surface area contributed by atoms with E-state index in [1.165, 1.54) is 6.20 Å². The number of halogens is 2. The molecule has 0 radical (unpaired) electrons. The molecule has 2 aromatic rings. The van der Waals surface area contributed by atoms with Crippen molar-refractivity contribution in [2.24, 2.45) is 0 Å². The van der Waals surface area contributed by atoms with Crippen molar-refractivity contribution in [1.82, 2.24) is 4.98 Å². The minimum Gasteiger partial charge on any atom is -0.397 e. The minimum atomic E-state index is -0.269. The summed E-state index contributed by atoms with van der Waals surface area (Å²) in [4.78, 5) is 16.1. The smallest absolute Gasteiger partial charge is 0.256 e. The van der Waals surface area contributed by atoms with E-state index in [9.17, 15) is 4.79 Å². The number of aromatic nitrogens is 1. The Bertz CT molecular complexity index is 646. The summed E-state index contributed by atoms with van der Waals surface area (Å²) in [7, 11) is 0. The number of pyridine rings is 1. The van der Waals surface area contributed by atoms with Gasteiger partial charge in [-0.25, -0.2) is 4.98 Å². The molecular weight excluding hydrogens is 330 g/mol. The molecule has 0 saturated heterocycles. The van der Waals surface area contributed by atoms with Crippen LogP contribution in [0.15, 0.2) is 34.9 Å². The van der Waals surface area contributed by atoms with Crippen molar-refractivity contribution in [3.8, 4) is 0 Å². The lowest BCUT2D eigenvalue weighted by atomic mass is 10.2. The van der Waals surface area contributed by atoms with Crippen molar-refractivity contribution in [2.45, 2.75) is 6.92 Å². The largest absolute Gasteiger partial charge is 0.397 e. The van der Waals surface area contributed by atoms with Gasteiger partial charge in [-0.15, -0.1) is 0 Å². The molecule has 1 aromatic carbocycles. The molecule has 0 aliphatic rings. The number of nitrogen functional groups attached to an aromatic ring is 1. The maximum absolute atomic E-state index is 12.1. The zero-order chi connectivity index (χ0) is 14.0. The number of carbonyl (C=O) groups excluding carboxylic acids is 1. The lowest BCUT2D eigenvalue weighted by Gasteiger charge is -2.08. The fourth-order valence-corrected chi connectivity index (χ4v) is 1.97. The third-order valence-electron chi connectivity index (χ3n) is 2.51. The van der Waals surface area contributed by atoms with Gasteiger partial charge in [-0.3, -0.25) is 4.79 Å². The highest BCUT2D eigenvalue weighted by Gasteiger charge is 2.10. The van der Waals surface area contributed by atoms with E-state index in [2.05, 4.69) is 26.2 Å². The third kappa shape index (κ3) is 3.24. The van der Waals surface area contributed by atoms with Gasteiger partial charge in [-0.1, -0.05) is 11.6 Å². The number of nitrogens with two attached hydrogens (primary N) is 1. The van der Waals surface area contributed by atoms with Crippen LogP contribution in [0.5, 0.6) is 0 Å². The number of nitrogens with one attached hydrogen (secondary N) is 1. The van der Waals surface area contributed by atoms with Gasteiger partial charge in [-0.05, 0) is 52.7 Å². The average Bonchev–Trinajstić information content (AvgIpc) is 2.36. The maximum Gasteiger partial charge on any atom is 0.256 e. The number of hydrogen-bond acceptors (Lipinski definition) is 3. The number of amides is 1. The highest BCUT2D eigenvalue weighted by molar-refractivity contribution is 9.10. The maximum atomic E-state index is 12.1. The first-order chi connectivity index (χ1) is 8.97. The van der Waals surface area contributed by atoms with Crippen LogP contribution < -0.4 is 11.1 Å². The molecule has 0 aliphatic carbocycles. The number of aryl methyl sites for hydroxylation is 1. The van der Waals surface area contributed by atoms with Crippen molar-refractivity contribution in [3.05, 3.63) is 51.1 Å². The quantitative estimate of drug-likeness (QED) is 0.877. The summed E-state index contributed by atoms with van der Waals surface area (Å²) in [5.41, 5.74) is 7.43. The van der Waals surface area contributed by atoms with E-state index < -0.39 is 0 Å². The van der Waals surface area contributed by atoms with E-state index >= 15 is 0 Å². The number of anilines is 2. The van der Waals surface area contributed by atoms with Crippen molar-refractivity contribution < 1.29 is 4.79 Å². The molecule has 1 aromatic heterocycles. The van der Waals surface area contributed by atoms with Crippen LogP contribution in [0.25, 0.3) is 0 Å². The van der Waals surface area contributed by atoms with Crippen LogP contribution in [0.4, 0.5) is 11.5 Å². The molecule has 0 fully saturated rings. The van der Waals surface area contributed by atoms with Crippen LogP contribution >= 0.6 is 27.5 Å². The third-order valence-corrected chi connectivity index (χ3v) is 3.75. The van der Waals surface area contributed by atoms with Crippen molar-refractivity contribution in [1.29, 1.82) is 0 Å². The van der Waals surface area contributed by atoms with Crippen LogP contribution in [-0.4, -0.2) is 10.9 Å². The first-order valence-corrected chi connectivity index (χ1v) is 6.63. The van der Waals surface area contributed by atoms with Gasteiger partial charge in [0, 0.05) is 10.0 Å². The van der Waals surface area contributed by atoms with Gasteiger partial charge in [0.05, 0.1) is 16.9 Å². The number of benzene rings is 1. The summed E-state index contributed by atoms with van der Waals surface area (Å²) in [6.07, 6.45) is 1.50. The lowest BCUT2D eigenvalue weighted by Crippen LogP contribution is -2.14. The molecule has 0 aliphatic heterocycles. The molecule has 1 heterocycles. The second-order valence-electron chi connectivity index (χ2n) is 4.02. The number of carbonyl (C=O) groups is 1. The molecule has 0 saturated carbocycles. The van der Waals surface area contributed by atoms with E-state index in [0.29, 0.717) is 22.1 Å². The van der Waals surface area contributed by atoms with Gasteiger partial charge in [0.1, 0.15) is 5.82 Å². The van der Waals surface area contributed by atoms with E-state index in [1.807, 2.05) is 6.92 Å². The zero-order valence-corrected chi connectivity index (χ0v) is 12.4. The van der Waals surface area contributed by atoms with Crippen molar-refractivity contribution >= 4 is 44.9 Å². The van der Waals surface area contributed by atoms with E-state index in [0.717, 1.165) is 10.0 Å². The molecule has 0 bridgehead atoms. The van der Waals surface area contributed by atoms with Crippen molar-refractivity contribution in [3.63, 3.8) is 0 Å². The zero-order valence-electron chi connectivity index (χ0n) is 10.1. The Morgan fingerprint density at radius 2 is 2.16 bits per heavy atom. The SMILES string of the molecule is Cc1cc(N)cnc1NC(=O)c1ccc(Br)c(Cl)c1. The number of rotatable bonds is 2. The van der Waals surface area contributed by atoms with Crippen LogP contribution in [0, 0.1) is 6.92 Å². The monoisotopic (exact) mass is 339 g/mol. The van der Waals surface area contributed by atoms with Gasteiger partial charge >= 0.3 is 0 Å². The molecule has 1 amide bonds. The Morgan fingerprint density at radius 3 is 2.79 bits per heavy atom. The summed E-state index contributed by atoms with van der Waals surface area (Å²) in [5.74, 6) is 0.216. The summed E-state index contributed by atoms with van der Waals surface area (Å²) in [5, 5.41) is 3.20. The molecule has 2 rings (SSSR count). The predicted molar refractivity (Wildman–Crippen MR) is 80.5 cm³/mol. The molecule has 6 heteroatoms. The van der Waals surface area contributed by atoms with Gasteiger partial charge in [0.2, 0.25) is 0 Å². The summed E-state index contributed by atoms with van der Waals surface area (Å²) in [6.45, 7) is 1.83. The van der Waals surface area contributed by atoms with Gasteiger partial charge in [0.15, 0.2) is 0 Å². The van der Waals surface area contributed by atoms with Crippen LogP contribution in [0.1, 0.15) is 15.9 Å². The first-order valence-electron chi connectivity index (χ1n) is 5.46. The van der Waals surface area contributed by atoms with E-state index in [1.54, 1.807) is 24.3 Å². The molecule has 3 N–H and O–H groups in total. The van der Waals surface area contributed by atoms with Gasteiger partial charge in [0.25, 0.3) is 5.91 Å². The fraction of sp³-hybridized carbons (Fsp3) is 0.0769. The van der Waals surface area contributed by atoms with Crippen LogP contribution in [-0.2, 0) is 0 Å². The first kappa shape index (κ1) is 13.8. The Labute approximate surface area is 124 Å². The van der Waals surface area contributed by atoms with Crippen LogP contribution in [0.2, 0.25) is 5.02 Å². The van der Waals surface area contributed by atoms with E-state index in [4.69, 9.17) is 17.3 Å². The second-order valence-corrected chi connectivity index (χ2v) is 5.28. The Kier molecular flexibility index (Phi) is 4.07. The number of hydrogen-bond donors (Lipinski definition) is 2. The lowest BCUT2D eigenvalue weighted by molar-refractivity contribution is 0.102. The topological polar surface area (TPSA) is 68.0 Å². The summed E-state index contributed by atoms with van der Waals surface area (Å²) >= 11 is 9.23. The minimum absolute atomic E-state index is 0.269. The predicted octanol–water partition coefficient (Wildman–Crippen LogP) is 3.64. The Hall–Kier alpha value is -1.59.